The van der Waals surface area contributed by atoms with Gasteiger partial charge in [0.2, 0.25) is 0 Å². The monoisotopic (exact) mass is 452 g/mol. The summed E-state index contributed by atoms with van der Waals surface area (Å²) >= 11 is 12.1. The van der Waals surface area contributed by atoms with E-state index in [1.54, 1.807) is 60.7 Å². The Labute approximate surface area is 189 Å². The highest BCUT2D eigenvalue weighted by molar-refractivity contribution is 6.46. The molecular formula is C24H18Cl2N2O3. The Kier molecular flexibility index (Phi) is 5.98. The third kappa shape index (κ3) is 4.29. The maximum absolute atomic E-state index is 13.4. The van der Waals surface area contributed by atoms with Crippen LogP contribution in [0.4, 0.5) is 11.4 Å². The van der Waals surface area contributed by atoms with Crippen LogP contribution < -0.4 is 15.0 Å². The van der Waals surface area contributed by atoms with E-state index in [-0.39, 0.29) is 11.3 Å². The van der Waals surface area contributed by atoms with E-state index in [1.165, 1.54) is 0 Å². The fourth-order valence-electron chi connectivity index (χ4n) is 3.35. The van der Waals surface area contributed by atoms with Crippen LogP contribution in [-0.4, -0.2) is 18.4 Å². The lowest BCUT2D eigenvalue weighted by Gasteiger charge is -2.15. The van der Waals surface area contributed by atoms with Crippen LogP contribution >= 0.6 is 23.2 Å². The van der Waals surface area contributed by atoms with E-state index in [9.17, 15) is 9.59 Å². The third-order valence-corrected chi connectivity index (χ3v) is 5.18. The van der Waals surface area contributed by atoms with Crippen LogP contribution in [-0.2, 0) is 9.59 Å². The summed E-state index contributed by atoms with van der Waals surface area (Å²) in [5, 5.41) is 4.08. The van der Waals surface area contributed by atoms with Crippen molar-refractivity contribution in [2.45, 2.75) is 6.92 Å². The van der Waals surface area contributed by atoms with Crippen LogP contribution in [0.5, 0.6) is 5.75 Å². The van der Waals surface area contributed by atoms with Crippen molar-refractivity contribution in [1.82, 2.24) is 0 Å². The van der Waals surface area contributed by atoms with Crippen molar-refractivity contribution in [3.8, 4) is 5.75 Å². The van der Waals surface area contributed by atoms with Crippen LogP contribution in [0.25, 0.3) is 5.57 Å². The van der Waals surface area contributed by atoms with Crippen molar-refractivity contribution < 1.29 is 14.3 Å². The molecule has 3 aromatic rings. The van der Waals surface area contributed by atoms with Crippen LogP contribution in [0.1, 0.15) is 12.5 Å². The second-order valence-corrected chi connectivity index (χ2v) is 7.64. The molecule has 2 amide bonds. The summed E-state index contributed by atoms with van der Waals surface area (Å²) in [6.07, 6.45) is 0. The number of amides is 2. The minimum absolute atomic E-state index is 0.168. The van der Waals surface area contributed by atoms with E-state index in [4.69, 9.17) is 27.9 Å². The predicted molar refractivity (Wildman–Crippen MR) is 124 cm³/mol. The van der Waals surface area contributed by atoms with E-state index in [2.05, 4.69) is 5.32 Å². The van der Waals surface area contributed by atoms with Crippen molar-refractivity contribution in [3.63, 3.8) is 0 Å². The molecule has 156 valence electrons. The standard InChI is InChI=1S/C24H18Cl2N2O3/c1-2-31-20-8-4-6-18(14-20)27-22-21(15-9-11-16(25)12-10-15)23(29)28(24(22)30)19-7-3-5-17(26)13-19/h3-14,27H,2H2,1H3. The molecule has 0 fully saturated rings. The first-order chi connectivity index (χ1) is 15.0. The van der Waals surface area contributed by atoms with Crippen molar-refractivity contribution in [2.24, 2.45) is 0 Å². The molecule has 0 spiro atoms. The molecular weight excluding hydrogens is 435 g/mol. The van der Waals surface area contributed by atoms with Crippen molar-refractivity contribution in [1.29, 1.82) is 0 Å². The molecule has 3 aromatic carbocycles. The van der Waals surface area contributed by atoms with Gasteiger partial charge in [-0.3, -0.25) is 9.59 Å². The Hall–Kier alpha value is -3.28. The van der Waals surface area contributed by atoms with Gasteiger partial charge in [0.15, 0.2) is 0 Å². The lowest BCUT2D eigenvalue weighted by molar-refractivity contribution is -0.120. The molecule has 0 saturated heterocycles. The fraction of sp³-hybridized carbons (Fsp3) is 0.0833. The zero-order valence-corrected chi connectivity index (χ0v) is 18.1. The molecule has 7 heteroatoms. The number of ether oxygens (including phenoxy) is 1. The Morgan fingerprint density at radius 3 is 2.32 bits per heavy atom. The lowest BCUT2D eigenvalue weighted by atomic mass is 10.0. The number of halogens is 2. The topological polar surface area (TPSA) is 58.6 Å². The van der Waals surface area contributed by atoms with Gasteiger partial charge in [-0.15, -0.1) is 0 Å². The van der Waals surface area contributed by atoms with Gasteiger partial charge >= 0.3 is 0 Å². The van der Waals surface area contributed by atoms with Crippen molar-refractivity contribution >= 4 is 52.0 Å². The lowest BCUT2D eigenvalue weighted by Crippen LogP contribution is -2.32. The van der Waals surface area contributed by atoms with Crippen molar-refractivity contribution in [3.05, 3.63) is 94.1 Å². The molecule has 1 heterocycles. The summed E-state index contributed by atoms with van der Waals surface area (Å²) in [7, 11) is 0. The average Bonchev–Trinajstić information content (AvgIpc) is 2.99. The van der Waals surface area contributed by atoms with Gasteiger partial charge in [0.05, 0.1) is 17.9 Å². The van der Waals surface area contributed by atoms with Gasteiger partial charge in [-0.25, -0.2) is 4.90 Å². The average molecular weight is 453 g/mol. The highest BCUT2D eigenvalue weighted by Crippen LogP contribution is 2.35. The van der Waals surface area contributed by atoms with Gasteiger partial charge in [-0.2, -0.15) is 0 Å². The minimum atomic E-state index is -0.473. The number of hydrogen-bond acceptors (Lipinski definition) is 4. The maximum atomic E-state index is 13.4. The molecule has 1 aliphatic heterocycles. The zero-order valence-electron chi connectivity index (χ0n) is 16.6. The molecule has 0 saturated carbocycles. The Morgan fingerprint density at radius 1 is 0.871 bits per heavy atom. The van der Waals surface area contributed by atoms with Crippen molar-refractivity contribution in [2.75, 3.05) is 16.8 Å². The first-order valence-electron chi connectivity index (χ1n) is 9.62. The summed E-state index contributed by atoms with van der Waals surface area (Å²) < 4.78 is 5.54. The first-order valence-corrected chi connectivity index (χ1v) is 10.4. The SMILES string of the molecule is CCOc1cccc(NC2=C(c3ccc(Cl)cc3)C(=O)N(c3cccc(Cl)c3)C2=O)c1. The second kappa shape index (κ2) is 8.84. The Balaban J connectivity index is 1.80. The number of carbonyl (C=O) groups is 2. The minimum Gasteiger partial charge on any atom is -0.494 e. The van der Waals surface area contributed by atoms with Crippen LogP contribution in [0.3, 0.4) is 0 Å². The molecule has 0 radical (unpaired) electrons. The number of anilines is 2. The molecule has 4 rings (SSSR count). The Bertz CT molecular complexity index is 1190. The maximum Gasteiger partial charge on any atom is 0.282 e. The zero-order chi connectivity index (χ0) is 22.0. The van der Waals surface area contributed by atoms with Gasteiger partial charge in [0.1, 0.15) is 11.4 Å². The van der Waals surface area contributed by atoms with E-state index in [1.807, 2.05) is 19.1 Å². The number of benzene rings is 3. The molecule has 5 nitrogen and oxygen atoms in total. The highest BCUT2D eigenvalue weighted by Gasteiger charge is 2.40. The molecule has 0 unspecified atom stereocenters. The fourth-order valence-corrected chi connectivity index (χ4v) is 3.66. The third-order valence-electron chi connectivity index (χ3n) is 4.70. The largest absolute Gasteiger partial charge is 0.494 e. The molecule has 1 N–H and O–H groups in total. The number of nitrogens with one attached hydrogen (secondary N) is 1. The predicted octanol–water partition coefficient (Wildman–Crippen LogP) is 5.79. The van der Waals surface area contributed by atoms with Gasteiger partial charge in [-0.1, -0.05) is 47.5 Å². The molecule has 0 bridgehead atoms. The quantitative estimate of drug-likeness (QED) is 0.480. The second-order valence-electron chi connectivity index (χ2n) is 6.77. The van der Waals surface area contributed by atoms with Gasteiger partial charge in [0.25, 0.3) is 11.8 Å². The number of carbonyl (C=O) groups excluding carboxylic acids is 2. The van der Waals surface area contributed by atoms with Gasteiger partial charge < -0.3 is 10.1 Å². The molecule has 31 heavy (non-hydrogen) atoms. The van der Waals surface area contributed by atoms with E-state index in [0.717, 1.165) is 4.90 Å². The summed E-state index contributed by atoms with van der Waals surface area (Å²) in [5.41, 5.74) is 2.02. The first kappa shape index (κ1) is 21.0. The van der Waals surface area contributed by atoms with E-state index in [0.29, 0.717) is 39.3 Å². The summed E-state index contributed by atoms with van der Waals surface area (Å²) in [6.45, 7) is 2.41. The van der Waals surface area contributed by atoms with Crippen LogP contribution in [0, 0.1) is 0 Å². The summed E-state index contributed by atoms with van der Waals surface area (Å²) in [4.78, 5) is 27.9. The van der Waals surface area contributed by atoms with E-state index < -0.39 is 11.8 Å². The number of hydrogen-bond donors (Lipinski definition) is 1. The number of nitrogens with zero attached hydrogens (tertiary/aromatic N) is 1. The number of rotatable bonds is 6. The van der Waals surface area contributed by atoms with Gasteiger partial charge in [0, 0.05) is 21.8 Å². The summed E-state index contributed by atoms with van der Waals surface area (Å²) in [6, 6.07) is 20.6. The molecule has 0 atom stereocenters. The molecule has 0 aromatic heterocycles. The normalized spacial score (nSPS) is 13.7. The Morgan fingerprint density at radius 2 is 1.61 bits per heavy atom. The highest BCUT2D eigenvalue weighted by atomic mass is 35.5. The smallest absolute Gasteiger partial charge is 0.282 e. The number of imide groups is 1. The van der Waals surface area contributed by atoms with Crippen LogP contribution in [0.15, 0.2) is 78.5 Å². The van der Waals surface area contributed by atoms with Crippen LogP contribution in [0.2, 0.25) is 10.0 Å². The van der Waals surface area contributed by atoms with Gasteiger partial charge in [-0.05, 0) is 55.0 Å². The molecule has 0 aliphatic carbocycles. The van der Waals surface area contributed by atoms with E-state index >= 15 is 0 Å². The summed E-state index contributed by atoms with van der Waals surface area (Å²) in [5.74, 6) is -0.262. The molecule has 1 aliphatic rings.